The number of fused-ring (bicyclic) bond motifs is 5. The topological polar surface area (TPSA) is 27.7 Å². The van der Waals surface area contributed by atoms with Gasteiger partial charge in [-0.3, -0.25) is 0 Å². The summed E-state index contributed by atoms with van der Waals surface area (Å²) in [5.74, 6) is 3.41. The second kappa shape index (κ2) is 5.94. The first-order chi connectivity index (χ1) is 12.3. The number of methoxy groups -OCH3 is 2. The van der Waals surface area contributed by atoms with E-state index in [-0.39, 0.29) is 16.9 Å². The number of rotatable bonds is 2. The molecular weight excluding hydrogens is 324 g/mol. The molecule has 3 aliphatic rings. The number of hydrogen-bond acceptors (Lipinski definition) is 3. The minimum atomic E-state index is 0.141. The van der Waals surface area contributed by atoms with Gasteiger partial charge in [0.15, 0.2) is 11.5 Å². The van der Waals surface area contributed by atoms with Crippen LogP contribution in [0.15, 0.2) is 23.8 Å². The predicted molar refractivity (Wildman–Crippen MR) is 104 cm³/mol. The van der Waals surface area contributed by atoms with E-state index in [4.69, 9.17) is 14.2 Å². The van der Waals surface area contributed by atoms with Crippen LogP contribution in [-0.4, -0.2) is 20.3 Å². The molecule has 4 rings (SSSR count). The maximum absolute atomic E-state index is 6.56. The highest BCUT2D eigenvalue weighted by Gasteiger charge is 2.55. The minimum absolute atomic E-state index is 0.141. The predicted octanol–water partition coefficient (Wildman–Crippen LogP) is 5.73. The summed E-state index contributed by atoms with van der Waals surface area (Å²) < 4.78 is 17.7. The molecule has 1 saturated carbocycles. The van der Waals surface area contributed by atoms with Crippen molar-refractivity contribution < 1.29 is 14.2 Å². The normalized spacial score (nSPS) is 34.5. The van der Waals surface area contributed by atoms with E-state index in [1.165, 1.54) is 24.8 Å². The molecular formula is C23H32O3. The Morgan fingerprint density at radius 2 is 1.73 bits per heavy atom. The Kier molecular flexibility index (Phi) is 4.05. The van der Waals surface area contributed by atoms with Gasteiger partial charge in [-0.05, 0) is 42.1 Å². The molecule has 0 spiro atoms. The first kappa shape index (κ1) is 17.8. The van der Waals surface area contributed by atoms with Gasteiger partial charge in [0.1, 0.15) is 11.9 Å². The quantitative estimate of drug-likeness (QED) is 0.633. The zero-order valence-electron chi connectivity index (χ0n) is 17.0. The van der Waals surface area contributed by atoms with E-state index in [9.17, 15) is 0 Å². The molecule has 0 bridgehead atoms. The van der Waals surface area contributed by atoms with E-state index in [2.05, 4.69) is 39.8 Å². The molecule has 26 heavy (non-hydrogen) atoms. The molecule has 1 aromatic carbocycles. The summed E-state index contributed by atoms with van der Waals surface area (Å²) in [5.41, 5.74) is 3.34. The Labute approximate surface area is 157 Å². The number of allylic oxidation sites excluding steroid dienone is 2. The van der Waals surface area contributed by atoms with Gasteiger partial charge in [-0.15, -0.1) is 0 Å². The summed E-state index contributed by atoms with van der Waals surface area (Å²) in [5, 5.41) is 0. The molecule has 0 amide bonds. The third kappa shape index (κ3) is 2.39. The van der Waals surface area contributed by atoms with Crippen molar-refractivity contribution in [3.63, 3.8) is 0 Å². The van der Waals surface area contributed by atoms with Crippen LogP contribution in [0.25, 0.3) is 0 Å². The summed E-state index contributed by atoms with van der Waals surface area (Å²) in [6, 6.07) is 4.19. The smallest absolute Gasteiger partial charge is 0.164 e. The van der Waals surface area contributed by atoms with Crippen molar-refractivity contribution >= 4 is 0 Å². The lowest BCUT2D eigenvalue weighted by atomic mass is 9.54. The van der Waals surface area contributed by atoms with E-state index in [1.54, 1.807) is 19.8 Å². The molecule has 0 aromatic heterocycles. The van der Waals surface area contributed by atoms with Crippen LogP contribution >= 0.6 is 0 Å². The van der Waals surface area contributed by atoms with Crippen molar-refractivity contribution in [1.82, 2.24) is 0 Å². The highest BCUT2D eigenvalue weighted by molar-refractivity contribution is 5.56. The van der Waals surface area contributed by atoms with Crippen LogP contribution in [0.3, 0.4) is 0 Å². The average molecular weight is 357 g/mol. The van der Waals surface area contributed by atoms with Crippen LogP contribution in [-0.2, 0) is 0 Å². The molecule has 3 heteroatoms. The van der Waals surface area contributed by atoms with Gasteiger partial charge in [-0.1, -0.05) is 45.8 Å². The largest absolute Gasteiger partial charge is 0.493 e. The Bertz CT molecular complexity index is 748. The maximum Gasteiger partial charge on any atom is 0.164 e. The van der Waals surface area contributed by atoms with Gasteiger partial charge in [0.25, 0.3) is 0 Å². The highest BCUT2D eigenvalue weighted by Crippen LogP contribution is 2.64. The molecule has 2 aliphatic carbocycles. The fraction of sp³-hybridized carbons (Fsp3) is 0.652. The lowest BCUT2D eigenvalue weighted by Gasteiger charge is -2.49. The van der Waals surface area contributed by atoms with Gasteiger partial charge in [0.05, 0.1) is 14.2 Å². The Hall–Kier alpha value is -1.64. The molecule has 0 N–H and O–H groups in total. The number of benzene rings is 1. The summed E-state index contributed by atoms with van der Waals surface area (Å²) in [6.45, 7) is 9.66. The summed E-state index contributed by atoms with van der Waals surface area (Å²) in [4.78, 5) is 0. The van der Waals surface area contributed by atoms with Gasteiger partial charge in [0.2, 0.25) is 0 Å². The second-order valence-electron chi connectivity index (χ2n) is 9.29. The standard InChI is InChI=1S/C23H32O3/c1-14-8-9-19-22(2,3)10-7-11-23(19,4)20-15-12-17(24-5)18(25-6)13-16(15)26-21(14)20/h9,12-14,20-21H,7-8,10-11H2,1-6H3. The second-order valence-corrected chi connectivity index (χ2v) is 9.29. The molecule has 0 radical (unpaired) electrons. The van der Waals surface area contributed by atoms with Gasteiger partial charge < -0.3 is 14.2 Å². The Morgan fingerprint density at radius 3 is 2.42 bits per heavy atom. The molecule has 3 nitrogen and oxygen atoms in total. The van der Waals surface area contributed by atoms with Crippen molar-refractivity contribution in [3.8, 4) is 17.2 Å². The lowest BCUT2D eigenvalue weighted by molar-refractivity contribution is 0.0781. The van der Waals surface area contributed by atoms with Crippen LogP contribution in [0.2, 0.25) is 0 Å². The Balaban J connectivity index is 1.89. The Morgan fingerprint density at radius 1 is 1.04 bits per heavy atom. The first-order valence-corrected chi connectivity index (χ1v) is 9.95. The molecule has 1 heterocycles. The fourth-order valence-electron chi connectivity index (χ4n) is 5.97. The van der Waals surface area contributed by atoms with Gasteiger partial charge in [-0.2, -0.15) is 0 Å². The first-order valence-electron chi connectivity index (χ1n) is 9.95. The summed E-state index contributed by atoms with van der Waals surface area (Å²) in [7, 11) is 3.40. The minimum Gasteiger partial charge on any atom is -0.493 e. The van der Waals surface area contributed by atoms with Crippen molar-refractivity contribution in [1.29, 1.82) is 0 Å². The van der Waals surface area contributed by atoms with Crippen LogP contribution in [0.1, 0.15) is 64.9 Å². The molecule has 1 aliphatic heterocycles. The zero-order chi connectivity index (χ0) is 18.7. The summed E-state index contributed by atoms with van der Waals surface area (Å²) >= 11 is 0. The van der Waals surface area contributed by atoms with E-state index >= 15 is 0 Å². The average Bonchev–Trinajstić information content (AvgIpc) is 2.93. The maximum atomic E-state index is 6.56. The van der Waals surface area contributed by atoms with E-state index < -0.39 is 0 Å². The van der Waals surface area contributed by atoms with Crippen molar-refractivity contribution in [2.24, 2.45) is 16.7 Å². The molecule has 4 atom stereocenters. The summed E-state index contributed by atoms with van der Waals surface area (Å²) in [6.07, 6.45) is 7.65. The van der Waals surface area contributed by atoms with Gasteiger partial charge in [0, 0.05) is 17.5 Å². The lowest BCUT2D eigenvalue weighted by Crippen LogP contribution is -2.42. The number of ether oxygens (including phenoxy) is 3. The van der Waals surface area contributed by atoms with Crippen LogP contribution in [0, 0.1) is 16.7 Å². The monoisotopic (exact) mass is 356 g/mol. The van der Waals surface area contributed by atoms with Gasteiger partial charge in [-0.25, -0.2) is 0 Å². The van der Waals surface area contributed by atoms with E-state index in [1.807, 2.05) is 6.07 Å². The van der Waals surface area contributed by atoms with Crippen LogP contribution in [0.5, 0.6) is 17.2 Å². The van der Waals surface area contributed by atoms with Gasteiger partial charge >= 0.3 is 0 Å². The molecule has 142 valence electrons. The van der Waals surface area contributed by atoms with Crippen molar-refractivity contribution in [2.45, 2.75) is 65.4 Å². The van der Waals surface area contributed by atoms with E-state index in [0.717, 1.165) is 23.7 Å². The van der Waals surface area contributed by atoms with Crippen LogP contribution in [0.4, 0.5) is 0 Å². The fourth-order valence-corrected chi connectivity index (χ4v) is 5.97. The van der Waals surface area contributed by atoms with Crippen molar-refractivity contribution in [3.05, 3.63) is 29.3 Å². The van der Waals surface area contributed by atoms with E-state index in [0.29, 0.717) is 11.8 Å². The SMILES string of the molecule is COc1cc2c(cc1OC)C1C(O2)C(C)CC=C2C(C)(C)CCCC21C. The third-order valence-corrected chi connectivity index (χ3v) is 7.23. The molecule has 1 aromatic rings. The zero-order valence-corrected chi connectivity index (χ0v) is 17.0. The number of hydrogen-bond donors (Lipinski definition) is 0. The third-order valence-electron chi connectivity index (χ3n) is 7.23. The molecule has 4 unspecified atom stereocenters. The van der Waals surface area contributed by atoms with Crippen LogP contribution < -0.4 is 14.2 Å². The molecule has 0 saturated heterocycles. The highest BCUT2D eigenvalue weighted by atomic mass is 16.5. The van der Waals surface area contributed by atoms with Crippen molar-refractivity contribution in [2.75, 3.05) is 14.2 Å². The molecule has 1 fully saturated rings.